The van der Waals surface area contributed by atoms with Crippen LogP contribution in [0.15, 0.2) is 23.1 Å². The van der Waals surface area contributed by atoms with Crippen LogP contribution in [0.2, 0.25) is 5.02 Å². The first-order chi connectivity index (χ1) is 9.95. The lowest BCUT2D eigenvalue weighted by molar-refractivity contribution is -0.116. The highest BCUT2D eigenvalue weighted by atomic mass is 35.5. The summed E-state index contributed by atoms with van der Waals surface area (Å²) in [7, 11) is -3.61. The molecule has 1 aromatic rings. The molecule has 0 bridgehead atoms. The predicted molar refractivity (Wildman–Crippen MR) is 81.7 cm³/mol. The summed E-state index contributed by atoms with van der Waals surface area (Å²) in [5.41, 5.74) is 5.70. The summed E-state index contributed by atoms with van der Waals surface area (Å²) >= 11 is 6.02. The van der Waals surface area contributed by atoms with E-state index in [1.54, 1.807) is 6.07 Å². The average molecular weight is 332 g/mol. The zero-order valence-corrected chi connectivity index (χ0v) is 13.1. The number of hydrogen-bond acceptors (Lipinski definition) is 4. The van der Waals surface area contributed by atoms with Gasteiger partial charge in [0.1, 0.15) is 4.90 Å². The molecule has 0 spiro atoms. The van der Waals surface area contributed by atoms with Gasteiger partial charge in [-0.25, -0.2) is 8.42 Å². The predicted octanol–water partition coefficient (Wildman–Crippen LogP) is 1.41. The van der Waals surface area contributed by atoms with Crippen LogP contribution in [-0.4, -0.2) is 38.3 Å². The molecule has 6 nitrogen and oxygen atoms in total. The second kappa shape index (κ2) is 6.74. The van der Waals surface area contributed by atoms with E-state index in [0.717, 1.165) is 12.8 Å². The molecule has 1 heterocycles. The number of nitrogens with two attached hydrogens (primary N) is 1. The molecule has 1 saturated heterocycles. The molecule has 1 fully saturated rings. The van der Waals surface area contributed by atoms with Gasteiger partial charge in [0, 0.05) is 31.7 Å². The highest BCUT2D eigenvalue weighted by Crippen LogP contribution is 2.29. The van der Waals surface area contributed by atoms with Crippen molar-refractivity contribution in [3.8, 4) is 0 Å². The number of halogens is 1. The lowest BCUT2D eigenvalue weighted by atomic mass is 10.3. The molecule has 1 amide bonds. The van der Waals surface area contributed by atoms with E-state index in [-0.39, 0.29) is 28.8 Å². The zero-order valence-electron chi connectivity index (χ0n) is 11.5. The van der Waals surface area contributed by atoms with Gasteiger partial charge in [-0.15, -0.1) is 0 Å². The minimum atomic E-state index is -3.61. The van der Waals surface area contributed by atoms with Crippen LogP contribution in [0.4, 0.5) is 5.69 Å². The molecule has 0 aliphatic carbocycles. The van der Waals surface area contributed by atoms with E-state index in [4.69, 9.17) is 17.3 Å². The topological polar surface area (TPSA) is 92.5 Å². The van der Waals surface area contributed by atoms with E-state index in [0.29, 0.717) is 18.8 Å². The molecule has 0 saturated carbocycles. The van der Waals surface area contributed by atoms with Crippen LogP contribution >= 0.6 is 11.6 Å². The Labute approximate surface area is 129 Å². The van der Waals surface area contributed by atoms with E-state index < -0.39 is 10.0 Å². The van der Waals surface area contributed by atoms with Crippen molar-refractivity contribution in [3.63, 3.8) is 0 Å². The molecule has 1 aromatic carbocycles. The van der Waals surface area contributed by atoms with Gasteiger partial charge in [0.25, 0.3) is 0 Å². The lowest BCUT2D eigenvalue weighted by Gasteiger charge is -2.17. The van der Waals surface area contributed by atoms with Gasteiger partial charge in [0.15, 0.2) is 0 Å². The van der Waals surface area contributed by atoms with Crippen LogP contribution < -0.4 is 11.1 Å². The van der Waals surface area contributed by atoms with Gasteiger partial charge in [-0.3, -0.25) is 4.79 Å². The number of benzene rings is 1. The summed E-state index contributed by atoms with van der Waals surface area (Å²) in [5, 5.41) is 2.76. The van der Waals surface area contributed by atoms with Gasteiger partial charge < -0.3 is 11.1 Å². The molecule has 21 heavy (non-hydrogen) atoms. The Morgan fingerprint density at radius 2 is 2.00 bits per heavy atom. The van der Waals surface area contributed by atoms with Gasteiger partial charge >= 0.3 is 0 Å². The first kappa shape index (κ1) is 16.2. The Balaban J connectivity index is 2.28. The minimum Gasteiger partial charge on any atom is -0.330 e. The number of anilines is 1. The molecule has 0 radical (unpaired) electrons. The minimum absolute atomic E-state index is 0.0246. The van der Waals surface area contributed by atoms with Crippen LogP contribution in [0.1, 0.15) is 19.3 Å². The van der Waals surface area contributed by atoms with Crippen LogP contribution in [0.25, 0.3) is 0 Å². The number of amides is 1. The van der Waals surface area contributed by atoms with Gasteiger partial charge in [-0.2, -0.15) is 4.31 Å². The maximum absolute atomic E-state index is 12.5. The molecule has 2 rings (SSSR count). The van der Waals surface area contributed by atoms with Gasteiger partial charge in [0.2, 0.25) is 15.9 Å². The number of hydrogen-bond donors (Lipinski definition) is 2. The smallest absolute Gasteiger partial charge is 0.244 e. The van der Waals surface area contributed by atoms with E-state index in [1.165, 1.54) is 16.4 Å². The maximum atomic E-state index is 12.5. The summed E-state index contributed by atoms with van der Waals surface area (Å²) < 4.78 is 26.5. The third-order valence-electron chi connectivity index (χ3n) is 3.27. The Kier molecular flexibility index (Phi) is 5.21. The van der Waals surface area contributed by atoms with Crippen molar-refractivity contribution in [3.05, 3.63) is 23.2 Å². The van der Waals surface area contributed by atoms with E-state index in [2.05, 4.69) is 5.32 Å². The molecule has 0 aromatic heterocycles. The number of carbonyl (C=O) groups is 1. The molecule has 1 aliphatic heterocycles. The fourth-order valence-corrected chi connectivity index (χ4v) is 4.22. The molecular weight excluding hydrogens is 314 g/mol. The van der Waals surface area contributed by atoms with Crippen LogP contribution in [0, 0.1) is 0 Å². The molecule has 0 atom stereocenters. The molecule has 3 N–H and O–H groups in total. The SMILES string of the molecule is NCCC(=O)Nc1ccc(Cl)c(S(=O)(=O)N2CCCC2)c1. The summed E-state index contributed by atoms with van der Waals surface area (Å²) in [6, 6.07) is 4.44. The van der Waals surface area contributed by atoms with Crippen molar-refractivity contribution in [2.45, 2.75) is 24.2 Å². The zero-order chi connectivity index (χ0) is 15.5. The van der Waals surface area contributed by atoms with Crippen LogP contribution in [-0.2, 0) is 14.8 Å². The summed E-state index contributed by atoms with van der Waals surface area (Å²) in [4.78, 5) is 11.6. The normalized spacial score (nSPS) is 16.1. The first-order valence-corrected chi connectivity index (χ1v) is 8.56. The van der Waals surface area contributed by atoms with Crippen LogP contribution in [0.3, 0.4) is 0 Å². The molecule has 1 aliphatic rings. The van der Waals surface area contributed by atoms with Gasteiger partial charge in [-0.05, 0) is 31.0 Å². The molecule has 0 unspecified atom stereocenters. The standard InChI is InChI=1S/C13H18ClN3O3S/c14-11-4-3-10(16-13(18)5-6-15)9-12(11)21(19,20)17-7-1-2-8-17/h3-4,9H,1-2,5-8,15H2,(H,16,18). The third-order valence-corrected chi connectivity index (χ3v) is 5.65. The third kappa shape index (κ3) is 3.74. The van der Waals surface area contributed by atoms with Crippen molar-refractivity contribution in [1.82, 2.24) is 4.31 Å². The van der Waals surface area contributed by atoms with E-state index >= 15 is 0 Å². The van der Waals surface area contributed by atoms with E-state index in [1.807, 2.05) is 0 Å². The van der Waals surface area contributed by atoms with Crippen LogP contribution in [0.5, 0.6) is 0 Å². The Hall–Kier alpha value is -1.15. The van der Waals surface area contributed by atoms with Crippen molar-refractivity contribution in [2.24, 2.45) is 5.73 Å². The Morgan fingerprint density at radius 1 is 1.33 bits per heavy atom. The largest absolute Gasteiger partial charge is 0.330 e. The van der Waals surface area contributed by atoms with Crippen molar-refractivity contribution >= 4 is 33.2 Å². The van der Waals surface area contributed by atoms with Crippen molar-refractivity contribution in [1.29, 1.82) is 0 Å². The maximum Gasteiger partial charge on any atom is 0.244 e. The molecule has 116 valence electrons. The second-order valence-electron chi connectivity index (χ2n) is 4.84. The quantitative estimate of drug-likeness (QED) is 0.853. The molecule has 8 heteroatoms. The Morgan fingerprint density at radius 3 is 2.62 bits per heavy atom. The fraction of sp³-hybridized carbons (Fsp3) is 0.462. The Bertz CT molecular complexity index is 628. The van der Waals surface area contributed by atoms with Crippen molar-refractivity contribution in [2.75, 3.05) is 25.0 Å². The monoisotopic (exact) mass is 331 g/mol. The van der Waals surface area contributed by atoms with E-state index in [9.17, 15) is 13.2 Å². The lowest BCUT2D eigenvalue weighted by Crippen LogP contribution is -2.28. The number of carbonyl (C=O) groups excluding carboxylic acids is 1. The first-order valence-electron chi connectivity index (χ1n) is 6.75. The number of nitrogens with zero attached hydrogens (tertiary/aromatic N) is 1. The summed E-state index contributed by atoms with van der Waals surface area (Å²) in [6.45, 7) is 1.24. The number of nitrogens with one attached hydrogen (secondary N) is 1. The second-order valence-corrected chi connectivity index (χ2v) is 7.16. The highest BCUT2D eigenvalue weighted by molar-refractivity contribution is 7.89. The number of sulfonamides is 1. The number of rotatable bonds is 5. The summed E-state index contributed by atoms with van der Waals surface area (Å²) in [6.07, 6.45) is 1.88. The molecular formula is C13H18ClN3O3S. The van der Waals surface area contributed by atoms with Gasteiger partial charge in [0.05, 0.1) is 5.02 Å². The average Bonchev–Trinajstić information content (AvgIpc) is 2.96. The van der Waals surface area contributed by atoms with Crippen molar-refractivity contribution < 1.29 is 13.2 Å². The fourth-order valence-electron chi connectivity index (χ4n) is 2.20. The summed E-state index contributed by atoms with van der Waals surface area (Å²) in [5.74, 6) is -0.260. The van der Waals surface area contributed by atoms with Gasteiger partial charge in [-0.1, -0.05) is 11.6 Å². The highest BCUT2D eigenvalue weighted by Gasteiger charge is 2.29.